The van der Waals surface area contributed by atoms with Crippen molar-refractivity contribution in [2.75, 3.05) is 46.8 Å². The Morgan fingerprint density at radius 2 is 1.26 bits per heavy atom. The van der Waals surface area contributed by atoms with Gasteiger partial charge in [-0.15, -0.1) is 13.2 Å². The first-order valence-electron chi connectivity index (χ1n) is 13.6. The summed E-state index contributed by atoms with van der Waals surface area (Å²) in [6.45, 7) is 17.3. The number of esters is 2. The molecule has 1 aromatic rings. The molecule has 0 aliphatic carbocycles. The fraction of sp³-hybridized carbons (Fsp3) is 0.613. The third kappa shape index (κ3) is 12.7. The zero-order valence-electron chi connectivity index (χ0n) is 24.5. The Hall–Kier alpha value is -2.84. The SMILES string of the molecule is C=CCOCCOC(=O)CCCC(C)(C)c1cc(OC)c(C(C)(C)CCCC(=O)OCCOCC=C)cc1O. The van der Waals surface area contributed by atoms with Crippen LogP contribution in [0.25, 0.3) is 0 Å². The predicted molar refractivity (Wildman–Crippen MR) is 152 cm³/mol. The minimum absolute atomic E-state index is 0.185. The molecule has 0 saturated carbocycles. The molecule has 1 rings (SSSR count). The van der Waals surface area contributed by atoms with Crippen LogP contribution in [0.3, 0.4) is 0 Å². The summed E-state index contributed by atoms with van der Waals surface area (Å²) in [4.78, 5) is 24.1. The molecule has 1 N–H and O–H groups in total. The van der Waals surface area contributed by atoms with Crippen LogP contribution >= 0.6 is 0 Å². The lowest BCUT2D eigenvalue weighted by molar-refractivity contribution is -0.146. The molecule has 0 atom stereocenters. The van der Waals surface area contributed by atoms with Gasteiger partial charge in [-0.2, -0.15) is 0 Å². The van der Waals surface area contributed by atoms with Gasteiger partial charge < -0.3 is 28.8 Å². The second-order valence-electron chi connectivity index (χ2n) is 10.7. The maximum atomic E-state index is 12.0. The highest BCUT2D eigenvalue weighted by molar-refractivity contribution is 5.69. The molecule has 0 fully saturated rings. The van der Waals surface area contributed by atoms with Crippen molar-refractivity contribution in [2.45, 2.75) is 77.0 Å². The Bertz CT molecular complexity index is 919. The molecule has 0 aliphatic rings. The summed E-state index contributed by atoms with van der Waals surface area (Å²) in [6.07, 6.45) is 6.51. The molecule has 0 saturated heterocycles. The summed E-state index contributed by atoms with van der Waals surface area (Å²) in [6, 6.07) is 3.65. The summed E-state index contributed by atoms with van der Waals surface area (Å²) < 4.78 is 26.6. The summed E-state index contributed by atoms with van der Waals surface area (Å²) in [7, 11) is 1.61. The Morgan fingerprint density at radius 1 is 0.795 bits per heavy atom. The average Bonchev–Trinajstić information content (AvgIpc) is 2.88. The van der Waals surface area contributed by atoms with Gasteiger partial charge in [-0.1, -0.05) is 39.8 Å². The van der Waals surface area contributed by atoms with Crippen molar-refractivity contribution in [1.82, 2.24) is 0 Å². The van der Waals surface area contributed by atoms with Gasteiger partial charge in [0.15, 0.2) is 0 Å². The van der Waals surface area contributed by atoms with Crippen LogP contribution in [0.4, 0.5) is 0 Å². The molecule has 0 aromatic heterocycles. The number of phenols is 1. The number of carbonyl (C=O) groups excluding carboxylic acids is 2. The van der Waals surface area contributed by atoms with Gasteiger partial charge in [0.2, 0.25) is 0 Å². The first-order chi connectivity index (χ1) is 18.5. The van der Waals surface area contributed by atoms with Crippen molar-refractivity contribution in [3.63, 3.8) is 0 Å². The van der Waals surface area contributed by atoms with E-state index in [1.807, 2.05) is 19.9 Å². The van der Waals surface area contributed by atoms with Crippen molar-refractivity contribution >= 4 is 11.9 Å². The van der Waals surface area contributed by atoms with E-state index in [1.165, 1.54) is 0 Å². The van der Waals surface area contributed by atoms with Crippen LogP contribution in [0.15, 0.2) is 37.4 Å². The van der Waals surface area contributed by atoms with Crippen LogP contribution in [0.1, 0.15) is 77.3 Å². The fourth-order valence-electron chi connectivity index (χ4n) is 4.33. The van der Waals surface area contributed by atoms with Gasteiger partial charge in [0.05, 0.1) is 33.5 Å². The number of benzene rings is 1. The lowest BCUT2D eigenvalue weighted by Gasteiger charge is -2.31. The van der Waals surface area contributed by atoms with Gasteiger partial charge in [0.1, 0.15) is 24.7 Å². The molecule has 8 nitrogen and oxygen atoms in total. The van der Waals surface area contributed by atoms with Crippen LogP contribution < -0.4 is 4.74 Å². The number of rotatable bonds is 21. The molecule has 0 heterocycles. The van der Waals surface area contributed by atoms with Crippen LogP contribution in [0.2, 0.25) is 0 Å². The second kappa shape index (κ2) is 17.7. The van der Waals surface area contributed by atoms with E-state index < -0.39 is 5.41 Å². The number of hydrogen-bond donors (Lipinski definition) is 1. The quantitative estimate of drug-likeness (QED) is 0.117. The van der Waals surface area contributed by atoms with Crippen LogP contribution in [-0.4, -0.2) is 63.8 Å². The summed E-state index contributed by atoms with van der Waals surface area (Å²) in [5.41, 5.74) is 0.882. The monoisotopic (exact) mass is 548 g/mol. The number of carbonyl (C=O) groups is 2. The highest BCUT2D eigenvalue weighted by Gasteiger charge is 2.30. The topological polar surface area (TPSA) is 101 Å². The maximum absolute atomic E-state index is 12.0. The minimum atomic E-state index is -0.396. The molecular weight excluding hydrogens is 500 g/mol. The van der Waals surface area contributed by atoms with E-state index in [4.69, 9.17) is 23.7 Å². The van der Waals surface area contributed by atoms with Gasteiger partial charge in [0, 0.05) is 24.0 Å². The number of hydrogen-bond acceptors (Lipinski definition) is 8. The smallest absolute Gasteiger partial charge is 0.305 e. The Morgan fingerprint density at radius 3 is 1.69 bits per heavy atom. The third-order valence-corrected chi connectivity index (χ3v) is 6.59. The first kappa shape index (κ1) is 34.2. The number of aromatic hydroxyl groups is 1. The van der Waals surface area contributed by atoms with Gasteiger partial charge >= 0.3 is 11.9 Å². The lowest BCUT2D eigenvalue weighted by Crippen LogP contribution is -2.22. The molecule has 0 spiro atoms. The van der Waals surface area contributed by atoms with E-state index in [9.17, 15) is 14.7 Å². The molecule has 1 aromatic carbocycles. The molecule has 0 amide bonds. The van der Waals surface area contributed by atoms with E-state index in [0.717, 1.165) is 11.1 Å². The van der Waals surface area contributed by atoms with E-state index in [2.05, 4.69) is 27.0 Å². The molecule has 0 bridgehead atoms. The Kier molecular flexibility index (Phi) is 15.5. The van der Waals surface area contributed by atoms with Crippen LogP contribution in [0, 0.1) is 0 Å². The van der Waals surface area contributed by atoms with Gasteiger partial charge in [0.25, 0.3) is 0 Å². The van der Waals surface area contributed by atoms with Crippen molar-refractivity contribution < 1.29 is 38.4 Å². The fourth-order valence-corrected chi connectivity index (χ4v) is 4.33. The molecular formula is C31H48O8. The normalized spacial score (nSPS) is 11.6. The largest absolute Gasteiger partial charge is 0.508 e. The Balaban J connectivity index is 2.71. The highest BCUT2D eigenvalue weighted by Crippen LogP contribution is 2.44. The summed E-state index contributed by atoms with van der Waals surface area (Å²) >= 11 is 0. The van der Waals surface area contributed by atoms with Crippen molar-refractivity contribution in [3.8, 4) is 11.5 Å². The number of phenolic OH excluding ortho intramolecular Hbond substituents is 1. The molecule has 39 heavy (non-hydrogen) atoms. The molecule has 0 unspecified atom stereocenters. The molecule has 8 heteroatoms. The molecule has 0 aliphatic heterocycles. The number of ether oxygens (including phenoxy) is 5. The Labute approximate surface area is 234 Å². The summed E-state index contributed by atoms with van der Waals surface area (Å²) in [5.74, 6) is 0.341. The van der Waals surface area contributed by atoms with E-state index >= 15 is 0 Å². The van der Waals surface area contributed by atoms with E-state index in [1.54, 1.807) is 25.3 Å². The zero-order chi connectivity index (χ0) is 29.3. The van der Waals surface area contributed by atoms with Crippen molar-refractivity contribution in [1.29, 1.82) is 0 Å². The lowest BCUT2D eigenvalue weighted by atomic mass is 9.75. The van der Waals surface area contributed by atoms with E-state index in [-0.39, 0.29) is 42.7 Å². The second-order valence-corrected chi connectivity index (χ2v) is 10.7. The average molecular weight is 549 g/mol. The first-order valence-corrected chi connectivity index (χ1v) is 13.6. The predicted octanol–water partition coefficient (Wildman–Crippen LogP) is 5.79. The van der Waals surface area contributed by atoms with Gasteiger partial charge in [-0.3, -0.25) is 9.59 Å². The van der Waals surface area contributed by atoms with Crippen molar-refractivity contribution in [2.24, 2.45) is 0 Å². The molecule has 220 valence electrons. The highest BCUT2D eigenvalue weighted by atomic mass is 16.6. The minimum Gasteiger partial charge on any atom is -0.508 e. The van der Waals surface area contributed by atoms with Crippen LogP contribution in [-0.2, 0) is 39.4 Å². The number of methoxy groups -OCH3 is 1. The van der Waals surface area contributed by atoms with Gasteiger partial charge in [-0.05, 0) is 48.6 Å². The third-order valence-electron chi connectivity index (χ3n) is 6.59. The van der Waals surface area contributed by atoms with Crippen LogP contribution in [0.5, 0.6) is 11.5 Å². The van der Waals surface area contributed by atoms with E-state index in [0.29, 0.717) is 64.3 Å². The van der Waals surface area contributed by atoms with Gasteiger partial charge in [-0.25, -0.2) is 0 Å². The zero-order valence-corrected chi connectivity index (χ0v) is 24.5. The summed E-state index contributed by atoms with van der Waals surface area (Å²) in [5, 5.41) is 11.0. The van der Waals surface area contributed by atoms with Crippen molar-refractivity contribution in [3.05, 3.63) is 48.6 Å². The standard InChI is InChI=1S/C31H48O8/c1-8-16-36-18-20-38-28(33)12-10-14-30(3,4)24-23-27(35-7)25(22-26(24)32)31(5,6)15-11-13-29(34)39-21-19-37-17-9-2/h8-9,22-23,32H,1-2,10-21H2,3-7H3. The molecule has 0 radical (unpaired) electrons. The maximum Gasteiger partial charge on any atom is 0.305 e.